The molecular weight excluding hydrogens is 150 g/mol. The summed E-state index contributed by atoms with van der Waals surface area (Å²) >= 11 is 0. The Labute approximate surface area is 73.2 Å². The second-order valence-electron chi connectivity index (χ2n) is 2.64. The van der Waals surface area contributed by atoms with Crippen LogP contribution in [0.15, 0.2) is 24.5 Å². The number of rotatable bonds is 5. The number of nitrogens with zero attached hydrogens (tertiary/aromatic N) is 1. The third-order valence-electron chi connectivity index (χ3n) is 1.64. The van der Waals surface area contributed by atoms with Crippen LogP contribution in [0, 0.1) is 0 Å². The van der Waals surface area contributed by atoms with Crippen molar-refractivity contribution in [3.63, 3.8) is 0 Å². The summed E-state index contributed by atoms with van der Waals surface area (Å²) in [4.78, 5) is 3.96. The molecule has 0 radical (unpaired) electrons. The van der Waals surface area contributed by atoms with Crippen LogP contribution in [0.5, 0.6) is 0 Å². The summed E-state index contributed by atoms with van der Waals surface area (Å²) in [5.74, 6) is 0. The number of hydrogen-bond donors (Lipinski definition) is 2. The zero-order valence-electron chi connectivity index (χ0n) is 7.38. The van der Waals surface area contributed by atoms with Crippen molar-refractivity contribution in [3.05, 3.63) is 30.1 Å². The van der Waals surface area contributed by atoms with Crippen molar-refractivity contribution < 1.29 is 0 Å². The summed E-state index contributed by atoms with van der Waals surface area (Å²) in [5.41, 5.74) is 1.33. The van der Waals surface area contributed by atoms with Crippen LogP contribution in [-0.2, 0) is 6.42 Å². The first-order valence-electron chi connectivity index (χ1n) is 4.17. The Bertz CT molecular complexity index is 198. The molecule has 0 bridgehead atoms. The predicted octanol–water partition coefficient (Wildman–Crippen LogP) is 0.391. The van der Waals surface area contributed by atoms with E-state index >= 15 is 0 Å². The van der Waals surface area contributed by atoms with Gasteiger partial charge in [0.2, 0.25) is 0 Å². The first kappa shape index (κ1) is 9.16. The van der Waals surface area contributed by atoms with E-state index in [0.717, 1.165) is 19.6 Å². The Morgan fingerprint density at radius 3 is 2.75 bits per heavy atom. The highest BCUT2D eigenvalue weighted by Crippen LogP contribution is 1.95. The van der Waals surface area contributed by atoms with Gasteiger partial charge in [0.1, 0.15) is 0 Å². The van der Waals surface area contributed by atoms with Crippen molar-refractivity contribution in [1.82, 2.24) is 15.6 Å². The molecule has 0 aromatic carbocycles. The second-order valence-corrected chi connectivity index (χ2v) is 2.64. The van der Waals surface area contributed by atoms with Gasteiger partial charge in [-0.05, 0) is 31.2 Å². The van der Waals surface area contributed by atoms with Crippen molar-refractivity contribution in [2.24, 2.45) is 0 Å². The molecule has 0 amide bonds. The summed E-state index contributed by atoms with van der Waals surface area (Å²) in [7, 11) is 1.93. The fraction of sp³-hybridized carbons (Fsp3) is 0.444. The van der Waals surface area contributed by atoms with E-state index in [1.807, 2.05) is 31.6 Å². The summed E-state index contributed by atoms with van der Waals surface area (Å²) in [6.45, 7) is 1.87. The average Bonchev–Trinajstić information content (AvgIpc) is 2.14. The maximum absolute atomic E-state index is 3.96. The Kier molecular flexibility index (Phi) is 4.34. The molecule has 0 saturated heterocycles. The fourth-order valence-electron chi connectivity index (χ4n) is 0.996. The van der Waals surface area contributed by atoms with Crippen LogP contribution in [0.1, 0.15) is 5.56 Å². The normalized spacial score (nSPS) is 10.1. The Morgan fingerprint density at radius 1 is 1.33 bits per heavy atom. The van der Waals surface area contributed by atoms with E-state index in [9.17, 15) is 0 Å². The SMILES string of the molecule is CNCNCCc1ccncc1. The Morgan fingerprint density at radius 2 is 2.08 bits per heavy atom. The fourth-order valence-corrected chi connectivity index (χ4v) is 0.996. The van der Waals surface area contributed by atoms with Crippen molar-refractivity contribution in [2.75, 3.05) is 20.3 Å². The topological polar surface area (TPSA) is 37.0 Å². The molecule has 0 aliphatic heterocycles. The minimum Gasteiger partial charge on any atom is -0.308 e. The number of aromatic nitrogens is 1. The van der Waals surface area contributed by atoms with E-state index in [4.69, 9.17) is 0 Å². The maximum atomic E-state index is 3.96. The van der Waals surface area contributed by atoms with E-state index in [0.29, 0.717) is 0 Å². The minimum atomic E-state index is 0.866. The standard InChI is InChI=1S/C9H15N3/c1-10-8-12-7-4-9-2-5-11-6-3-9/h2-3,5-6,10,12H,4,7-8H2,1H3. The third kappa shape index (κ3) is 3.46. The van der Waals surface area contributed by atoms with Gasteiger partial charge in [-0.25, -0.2) is 0 Å². The van der Waals surface area contributed by atoms with Gasteiger partial charge in [0.05, 0.1) is 0 Å². The van der Waals surface area contributed by atoms with Gasteiger partial charge >= 0.3 is 0 Å². The molecule has 0 aliphatic carbocycles. The van der Waals surface area contributed by atoms with Crippen LogP contribution < -0.4 is 10.6 Å². The van der Waals surface area contributed by atoms with Crippen LogP contribution in [0.3, 0.4) is 0 Å². The minimum absolute atomic E-state index is 0.866. The zero-order chi connectivity index (χ0) is 8.65. The first-order chi connectivity index (χ1) is 5.93. The van der Waals surface area contributed by atoms with Gasteiger partial charge in [-0.2, -0.15) is 0 Å². The molecule has 0 spiro atoms. The quantitative estimate of drug-likeness (QED) is 0.489. The van der Waals surface area contributed by atoms with E-state index in [1.165, 1.54) is 5.56 Å². The number of nitrogens with one attached hydrogen (secondary N) is 2. The summed E-state index contributed by atoms with van der Waals surface area (Å²) < 4.78 is 0. The Hall–Kier alpha value is -0.930. The van der Waals surface area contributed by atoms with Crippen LogP contribution >= 0.6 is 0 Å². The van der Waals surface area contributed by atoms with Crippen molar-refractivity contribution in [2.45, 2.75) is 6.42 Å². The van der Waals surface area contributed by atoms with E-state index in [1.54, 1.807) is 0 Å². The van der Waals surface area contributed by atoms with Crippen LogP contribution in [-0.4, -0.2) is 25.2 Å². The molecule has 0 fully saturated rings. The highest BCUT2D eigenvalue weighted by atomic mass is 15.0. The predicted molar refractivity (Wildman–Crippen MR) is 49.9 cm³/mol. The van der Waals surface area contributed by atoms with E-state index in [-0.39, 0.29) is 0 Å². The summed E-state index contributed by atoms with van der Waals surface area (Å²) in [6, 6.07) is 4.09. The van der Waals surface area contributed by atoms with Gasteiger partial charge in [0, 0.05) is 25.6 Å². The lowest BCUT2D eigenvalue weighted by Gasteiger charge is -2.02. The van der Waals surface area contributed by atoms with Crippen molar-refractivity contribution in [3.8, 4) is 0 Å². The van der Waals surface area contributed by atoms with Gasteiger partial charge in [-0.1, -0.05) is 0 Å². The molecule has 0 saturated carbocycles. The van der Waals surface area contributed by atoms with Crippen LogP contribution in [0.2, 0.25) is 0 Å². The average molecular weight is 165 g/mol. The lowest BCUT2D eigenvalue weighted by atomic mass is 10.2. The molecule has 2 N–H and O–H groups in total. The summed E-state index contributed by atoms with van der Waals surface area (Å²) in [5, 5.41) is 6.28. The van der Waals surface area contributed by atoms with Gasteiger partial charge < -0.3 is 10.6 Å². The molecule has 0 unspecified atom stereocenters. The van der Waals surface area contributed by atoms with E-state index < -0.39 is 0 Å². The van der Waals surface area contributed by atoms with Crippen LogP contribution in [0.25, 0.3) is 0 Å². The molecule has 1 aromatic rings. The summed E-state index contributed by atoms with van der Waals surface area (Å²) in [6.07, 6.45) is 4.71. The second kappa shape index (κ2) is 5.69. The molecule has 1 heterocycles. The third-order valence-corrected chi connectivity index (χ3v) is 1.64. The van der Waals surface area contributed by atoms with Crippen LogP contribution in [0.4, 0.5) is 0 Å². The molecular formula is C9H15N3. The molecule has 3 nitrogen and oxygen atoms in total. The first-order valence-corrected chi connectivity index (χ1v) is 4.17. The van der Waals surface area contributed by atoms with Crippen molar-refractivity contribution >= 4 is 0 Å². The smallest absolute Gasteiger partial charge is 0.0451 e. The largest absolute Gasteiger partial charge is 0.308 e. The van der Waals surface area contributed by atoms with Gasteiger partial charge in [-0.3, -0.25) is 4.98 Å². The Balaban J connectivity index is 2.16. The van der Waals surface area contributed by atoms with Gasteiger partial charge in [-0.15, -0.1) is 0 Å². The van der Waals surface area contributed by atoms with Gasteiger partial charge in [0.15, 0.2) is 0 Å². The molecule has 1 aromatic heterocycles. The molecule has 3 heteroatoms. The number of hydrogen-bond acceptors (Lipinski definition) is 3. The molecule has 66 valence electrons. The highest BCUT2D eigenvalue weighted by molar-refractivity contribution is 5.09. The molecule has 1 rings (SSSR count). The zero-order valence-corrected chi connectivity index (χ0v) is 7.38. The molecule has 0 atom stereocenters. The molecule has 12 heavy (non-hydrogen) atoms. The molecule has 0 aliphatic rings. The lowest BCUT2D eigenvalue weighted by molar-refractivity contribution is 0.631. The lowest BCUT2D eigenvalue weighted by Crippen LogP contribution is -2.27. The maximum Gasteiger partial charge on any atom is 0.0451 e. The number of pyridine rings is 1. The van der Waals surface area contributed by atoms with Gasteiger partial charge in [0.25, 0.3) is 0 Å². The van der Waals surface area contributed by atoms with Crippen molar-refractivity contribution in [1.29, 1.82) is 0 Å². The monoisotopic (exact) mass is 165 g/mol. The van der Waals surface area contributed by atoms with E-state index in [2.05, 4.69) is 15.6 Å². The highest BCUT2D eigenvalue weighted by Gasteiger charge is 1.89.